The molecule has 1 aromatic carbocycles. The summed E-state index contributed by atoms with van der Waals surface area (Å²) < 4.78 is 10.7. The van der Waals surface area contributed by atoms with Crippen LogP contribution in [0.3, 0.4) is 0 Å². The average molecular weight is 292 g/mol. The number of carbonyl (C=O) groups is 1. The molecule has 1 heterocycles. The molecule has 0 spiro atoms. The van der Waals surface area contributed by atoms with Gasteiger partial charge in [0.05, 0.1) is 13.7 Å². The Bertz CT molecular complexity index is 428. The quantitative estimate of drug-likeness (QED) is 0.777. The lowest BCUT2D eigenvalue weighted by atomic mass is 10.1. The second-order valence-electron chi connectivity index (χ2n) is 5.14. The third-order valence-electron chi connectivity index (χ3n) is 3.59. The Morgan fingerprint density at radius 3 is 2.48 bits per heavy atom. The number of nitrogens with zero attached hydrogens (tertiary/aromatic N) is 1. The number of likely N-dealkylation sites (tertiary alicyclic amines) is 1. The number of carbonyl (C=O) groups excluding carboxylic acids is 1. The van der Waals surface area contributed by atoms with Gasteiger partial charge in [-0.2, -0.15) is 0 Å². The summed E-state index contributed by atoms with van der Waals surface area (Å²) in [6, 6.07) is 7.47. The van der Waals surface area contributed by atoms with Crippen molar-refractivity contribution in [2.45, 2.75) is 19.3 Å². The molecule has 21 heavy (non-hydrogen) atoms. The van der Waals surface area contributed by atoms with Crippen molar-refractivity contribution in [3.63, 3.8) is 0 Å². The first-order chi connectivity index (χ1) is 10.3. The fraction of sp³-hybridized carbons (Fsp3) is 0.562. The largest absolute Gasteiger partial charge is 0.497 e. The molecule has 0 radical (unpaired) electrons. The molecule has 1 fully saturated rings. The highest BCUT2D eigenvalue weighted by Crippen LogP contribution is 2.16. The first-order valence-corrected chi connectivity index (χ1v) is 7.55. The van der Waals surface area contributed by atoms with Crippen molar-refractivity contribution < 1.29 is 14.3 Å². The fourth-order valence-electron chi connectivity index (χ4n) is 2.36. The number of amides is 1. The predicted octanol–water partition coefficient (Wildman–Crippen LogP) is 1.68. The van der Waals surface area contributed by atoms with Crippen LogP contribution in [0.15, 0.2) is 24.3 Å². The molecule has 0 atom stereocenters. The van der Waals surface area contributed by atoms with Crippen LogP contribution >= 0.6 is 0 Å². The lowest BCUT2D eigenvalue weighted by molar-refractivity contribution is -0.131. The number of piperidine rings is 1. The summed E-state index contributed by atoms with van der Waals surface area (Å²) in [5.41, 5.74) is 0. The minimum absolute atomic E-state index is 0.194. The Labute approximate surface area is 126 Å². The van der Waals surface area contributed by atoms with Crippen molar-refractivity contribution in [3.05, 3.63) is 24.3 Å². The summed E-state index contributed by atoms with van der Waals surface area (Å²) in [5.74, 6) is 1.81. The maximum atomic E-state index is 11.9. The molecule has 1 aliphatic heterocycles. The van der Waals surface area contributed by atoms with E-state index < -0.39 is 0 Å². The first-order valence-electron chi connectivity index (χ1n) is 7.55. The highest BCUT2D eigenvalue weighted by Gasteiger charge is 2.15. The molecular weight excluding hydrogens is 268 g/mol. The Morgan fingerprint density at radius 2 is 1.81 bits per heavy atom. The molecule has 0 unspecified atom stereocenters. The van der Waals surface area contributed by atoms with Gasteiger partial charge in [-0.1, -0.05) is 0 Å². The number of hydrogen-bond acceptors (Lipinski definition) is 4. The number of nitrogens with one attached hydrogen (secondary N) is 1. The van der Waals surface area contributed by atoms with Gasteiger partial charge in [0.15, 0.2) is 0 Å². The van der Waals surface area contributed by atoms with Gasteiger partial charge in [0.1, 0.15) is 18.1 Å². The third kappa shape index (κ3) is 5.27. The molecule has 1 amide bonds. The van der Waals surface area contributed by atoms with Crippen LogP contribution in [-0.4, -0.2) is 50.7 Å². The van der Waals surface area contributed by atoms with Crippen molar-refractivity contribution in [2.75, 3.05) is 39.9 Å². The van der Waals surface area contributed by atoms with Gasteiger partial charge < -0.3 is 19.7 Å². The molecule has 1 aromatic rings. The van der Waals surface area contributed by atoms with Gasteiger partial charge in [-0.05, 0) is 43.5 Å². The highest BCUT2D eigenvalue weighted by atomic mass is 16.5. The van der Waals surface area contributed by atoms with E-state index in [9.17, 15) is 4.79 Å². The third-order valence-corrected chi connectivity index (χ3v) is 3.59. The van der Waals surface area contributed by atoms with Crippen LogP contribution in [0.25, 0.3) is 0 Å². The summed E-state index contributed by atoms with van der Waals surface area (Å²) in [7, 11) is 1.64. The van der Waals surface area contributed by atoms with Crippen molar-refractivity contribution >= 4 is 5.91 Å². The number of methoxy groups -OCH3 is 1. The van der Waals surface area contributed by atoms with E-state index in [4.69, 9.17) is 9.47 Å². The van der Waals surface area contributed by atoms with Crippen LogP contribution < -0.4 is 14.8 Å². The molecule has 0 bridgehead atoms. The minimum Gasteiger partial charge on any atom is -0.497 e. The lowest BCUT2D eigenvalue weighted by Gasteiger charge is -2.26. The van der Waals surface area contributed by atoms with E-state index >= 15 is 0 Å². The Hall–Kier alpha value is -1.75. The van der Waals surface area contributed by atoms with E-state index in [1.165, 1.54) is 6.42 Å². The van der Waals surface area contributed by atoms with E-state index in [-0.39, 0.29) is 5.91 Å². The zero-order valence-corrected chi connectivity index (χ0v) is 12.6. The van der Waals surface area contributed by atoms with Gasteiger partial charge in [0.25, 0.3) is 0 Å². The Morgan fingerprint density at radius 1 is 1.14 bits per heavy atom. The van der Waals surface area contributed by atoms with Crippen molar-refractivity contribution in [1.29, 1.82) is 0 Å². The van der Waals surface area contributed by atoms with Gasteiger partial charge in [-0.25, -0.2) is 0 Å². The summed E-state index contributed by atoms with van der Waals surface area (Å²) in [5, 5.41) is 3.13. The number of ether oxygens (including phenoxy) is 2. The second-order valence-corrected chi connectivity index (χ2v) is 5.14. The van der Waals surface area contributed by atoms with Crippen molar-refractivity contribution in [2.24, 2.45) is 0 Å². The summed E-state index contributed by atoms with van der Waals surface area (Å²) in [4.78, 5) is 13.9. The van der Waals surface area contributed by atoms with Gasteiger partial charge in [0, 0.05) is 19.6 Å². The van der Waals surface area contributed by atoms with Crippen molar-refractivity contribution in [3.8, 4) is 11.5 Å². The molecule has 0 aliphatic carbocycles. The normalized spacial score (nSPS) is 14.8. The average Bonchev–Trinajstić information content (AvgIpc) is 2.55. The van der Waals surface area contributed by atoms with Crippen LogP contribution in [0.5, 0.6) is 11.5 Å². The monoisotopic (exact) mass is 292 g/mol. The topological polar surface area (TPSA) is 50.8 Å². The fourth-order valence-corrected chi connectivity index (χ4v) is 2.36. The van der Waals surface area contributed by atoms with Gasteiger partial charge in [-0.15, -0.1) is 0 Å². The van der Waals surface area contributed by atoms with Crippen LogP contribution in [0, 0.1) is 0 Å². The molecule has 5 nitrogen and oxygen atoms in total. The molecule has 1 saturated heterocycles. The van der Waals surface area contributed by atoms with Crippen LogP contribution in [0.1, 0.15) is 19.3 Å². The van der Waals surface area contributed by atoms with Crippen LogP contribution in [-0.2, 0) is 4.79 Å². The number of hydrogen-bond donors (Lipinski definition) is 1. The molecule has 0 saturated carbocycles. The van der Waals surface area contributed by atoms with E-state index in [0.29, 0.717) is 19.7 Å². The van der Waals surface area contributed by atoms with Crippen LogP contribution in [0.4, 0.5) is 0 Å². The van der Waals surface area contributed by atoms with E-state index in [1.807, 2.05) is 29.2 Å². The molecule has 1 N–H and O–H groups in total. The van der Waals surface area contributed by atoms with Gasteiger partial charge in [0.2, 0.25) is 5.91 Å². The van der Waals surface area contributed by atoms with Gasteiger partial charge in [-0.3, -0.25) is 4.79 Å². The molecule has 5 heteroatoms. The molecule has 116 valence electrons. The molecular formula is C16H24N2O3. The summed E-state index contributed by atoms with van der Waals surface area (Å²) in [6.07, 6.45) is 3.51. The predicted molar refractivity (Wildman–Crippen MR) is 81.8 cm³/mol. The van der Waals surface area contributed by atoms with E-state index in [2.05, 4.69) is 5.32 Å². The van der Waals surface area contributed by atoms with E-state index in [1.54, 1.807) is 7.11 Å². The maximum Gasteiger partial charge on any atom is 0.236 e. The van der Waals surface area contributed by atoms with Crippen LogP contribution in [0.2, 0.25) is 0 Å². The Kier molecular flexibility index (Phi) is 6.34. The molecule has 0 aromatic heterocycles. The smallest absolute Gasteiger partial charge is 0.236 e. The SMILES string of the molecule is COc1ccc(OCCNCC(=O)N2CCCCC2)cc1. The number of rotatable bonds is 7. The minimum atomic E-state index is 0.194. The summed E-state index contributed by atoms with van der Waals surface area (Å²) in [6.45, 7) is 3.41. The number of benzene rings is 1. The lowest BCUT2D eigenvalue weighted by Crippen LogP contribution is -2.41. The summed E-state index contributed by atoms with van der Waals surface area (Å²) >= 11 is 0. The standard InChI is InChI=1S/C16H24N2O3/c1-20-14-5-7-15(8-6-14)21-12-9-17-13-16(19)18-10-3-2-4-11-18/h5-8,17H,2-4,9-13H2,1H3. The Balaban J connectivity index is 1.57. The maximum absolute atomic E-state index is 11.9. The first kappa shape index (κ1) is 15.6. The highest BCUT2D eigenvalue weighted by molar-refractivity contribution is 5.78. The molecule has 1 aliphatic rings. The zero-order chi connectivity index (χ0) is 14.9. The second kappa shape index (κ2) is 8.52. The van der Waals surface area contributed by atoms with E-state index in [0.717, 1.165) is 37.4 Å². The molecule has 2 rings (SSSR count). The van der Waals surface area contributed by atoms with Gasteiger partial charge >= 0.3 is 0 Å². The van der Waals surface area contributed by atoms with Crippen molar-refractivity contribution in [1.82, 2.24) is 10.2 Å². The zero-order valence-electron chi connectivity index (χ0n) is 12.6.